The van der Waals surface area contributed by atoms with Crippen LogP contribution in [0.3, 0.4) is 0 Å². The normalized spacial score (nSPS) is 27.5. The summed E-state index contributed by atoms with van der Waals surface area (Å²) in [6.07, 6.45) is 0.608. The van der Waals surface area contributed by atoms with Crippen LogP contribution >= 0.6 is 0 Å². The quantitative estimate of drug-likeness (QED) is 0.748. The fourth-order valence-corrected chi connectivity index (χ4v) is 2.58. The van der Waals surface area contributed by atoms with Crippen LogP contribution in [-0.4, -0.2) is 24.8 Å². The second-order valence-corrected chi connectivity index (χ2v) is 4.93. The summed E-state index contributed by atoms with van der Waals surface area (Å²) in [5.74, 6) is 0.260. The van der Waals surface area contributed by atoms with Crippen LogP contribution in [0.4, 0.5) is 4.79 Å². The summed E-state index contributed by atoms with van der Waals surface area (Å²) in [6, 6.07) is 4.65. The van der Waals surface area contributed by atoms with Gasteiger partial charge in [0.05, 0.1) is 18.7 Å². The van der Waals surface area contributed by atoms with Crippen molar-refractivity contribution < 1.29 is 19.1 Å². The Bertz CT molecular complexity index is 572. The highest BCUT2D eigenvalue weighted by Gasteiger charge is 2.43. The molecule has 6 nitrogen and oxygen atoms in total. The maximum Gasteiger partial charge on any atom is 0.337 e. The molecule has 0 saturated carbocycles. The minimum atomic E-state index is -0.702. The van der Waals surface area contributed by atoms with Crippen LogP contribution in [0.2, 0.25) is 0 Å². The fourth-order valence-electron chi connectivity index (χ4n) is 2.58. The number of urea groups is 1. The summed E-state index contributed by atoms with van der Waals surface area (Å²) in [7, 11) is 1.33. The lowest BCUT2D eigenvalue weighted by Crippen LogP contribution is -2.62. The minimum Gasteiger partial charge on any atom is -0.468 e. The Morgan fingerprint density at radius 1 is 1.53 bits per heavy atom. The van der Waals surface area contributed by atoms with E-state index in [0.29, 0.717) is 17.7 Å². The zero-order valence-electron chi connectivity index (χ0n) is 10.6. The first-order valence-electron chi connectivity index (χ1n) is 6.01. The first-order chi connectivity index (χ1) is 9.00. The van der Waals surface area contributed by atoms with Gasteiger partial charge in [0.2, 0.25) is 0 Å². The highest BCUT2D eigenvalue weighted by Crippen LogP contribution is 2.40. The van der Waals surface area contributed by atoms with Crippen molar-refractivity contribution in [3.8, 4) is 5.75 Å². The predicted molar refractivity (Wildman–Crippen MR) is 65.8 cm³/mol. The average molecular weight is 262 g/mol. The van der Waals surface area contributed by atoms with Crippen molar-refractivity contribution in [2.24, 2.45) is 0 Å². The van der Waals surface area contributed by atoms with Crippen molar-refractivity contribution in [3.63, 3.8) is 0 Å². The van der Waals surface area contributed by atoms with Gasteiger partial charge in [-0.15, -0.1) is 0 Å². The van der Waals surface area contributed by atoms with Gasteiger partial charge in [-0.25, -0.2) is 9.59 Å². The van der Waals surface area contributed by atoms with Crippen molar-refractivity contribution in [2.45, 2.75) is 25.1 Å². The highest BCUT2D eigenvalue weighted by atomic mass is 16.5. The molecule has 2 aliphatic rings. The summed E-state index contributed by atoms with van der Waals surface area (Å²) in [4.78, 5) is 23.1. The number of carbonyl (C=O) groups excluding carboxylic acids is 2. The second-order valence-electron chi connectivity index (χ2n) is 4.93. The number of hydrogen-bond acceptors (Lipinski definition) is 4. The number of fused-ring (bicyclic) bond motifs is 4. The monoisotopic (exact) mass is 262 g/mol. The van der Waals surface area contributed by atoms with E-state index < -0.39 is 11.7 Å². The van der Waals surface area contributed by atoms with Crippen molar-refractivity contribution in [2.75, 3.05) is 7.11 Å². The number of amides is 2. The maximum atomic E-state index is 11.6. The Hall–Kier alpha value is -2.24. The lowest BCUT2D eigenvalue weighted by molar-refractivity contribution is 0.0118. The second kappa shape index (κ2) is 3.88. The number of ether oxygens (including phenoxy) is 2. The molecule has 0 aromatic heterocycles. The van der Waals surface area contributed by atoms with Gasteiger partial charge in [-0.2, -0.15) is 0 Å². The number of hydrogen-bond donors (Lipinski definition) is 2. The molecule has 0 radical (unpaired) electrons. The molecule has 1 aromatic carbocycles. The first-order valence-corrected chi connectivity index (χ1v) is 6.01. The van der Waals surface area contributed by atoms with Crippen LogP contribution in [0.15, 0.2) is 18.2 Å². The third-order valence-corrected chi connectivity index (χ3v) is 3.42. The van der Waals surface area contributed by atoms with E-state index in [1.807, 2.05) is 6.92 Å². The molecular weight excluding hydrogens is 248 g/mol. The summed E-state index contributed by atoms with van der Waals surface area (Å²) >= 11 is 0. The molecule has 0 spiro atoms. The van der Waals surface area contributed by atoms with Crippen LogP contribution in [0.1, 0.15) is 35.3 Å². The van der Waals surface area contributed by atoms with E-state index in [4.69, 9.17) is 9.47 Å². The van der Waals surface area contributed by atoms with E-state index >= 15 is 0 Å². The first kappa shape index (κ1) is 11.8. The molecule has 0 unspecified atom stereocenters. The molecule has 1 fully saturated rings. The smallest absolute Gasteiger partial charge is 0.337 e. The van der Waals surface area contributed by atoms with Gasteiger partial charge in [-0.05, 0) is 25.1 Å². The largest absolute Gasteiger partial charge is 0.468 e. The number of methoxy groups -OCH3 is 1. The summed E-state index contributed by atoms with van der Waals surface area (Å²) in [5.41, 5.74) is 0.545. The van der Waals surface area contributed by atoms with Gasteiger partial charge in [0.25, 0.3) is 0 Å². The van der Waals surface area contributed by atoms with Gasteiger partial charge in [-0.1, -0.05) is 0 Å². The van der Waals surface area contributed by atoms with E-state index in [9.17, 15) is 9.59 Å². The number of benzene rings is 1. The molecule has 6 heteroatoms. The molecule has 19 heavy (non-hydrogen) atoms. The predicted octanol–water partition coefficient (Wildman–Crippen LogP) is 1.33. The Morgan fingerprint density at radius 2 is 2.32 bits per heavy atom. The Morgan fingerprint density at radius 3 is 3.05 bits per heavy atom. The number of rotatable bonds is 1. The Balaban J connectivity index is 2.04. The van der Waals surface area contributed by atoms with Gasteiger partial charge in [0.15, 0.2) is 5.72 Å². The van der Waals surface area contributed by atoms with Crippen molar-refractivity contribution >= 4 is 12.0 Å². The molecule has 100 valence electrons. The molecule has 3 rings (SSSR count). The number of esters is 1. The van der Waals surface area contributed by atoms with E-state index in [1.54, 1.807) is 18.2 Å². The minimum absolute atomic E-state index is 0.160. The summed E-state index contributed by atoms with van der Waals surface area (Å²) in [5, 5.41) is 5.58. The van der Waals surface area contributed by atoms with Crippen molar-refractivity contribution in [1.29, 1.82) is 0 Å². The third-order valence-electron chi connectivity index (χ3n) is 3.42. The van der Waals surface area contributed by atoms with Crippen LogP contribution < -0.4 is 15.4 Å². The summed E-state index contributed by atoms with van der Waals surface area (Å²) < 4.78 is 10.5. The lowest BCUT2D eigenvalue weighted by Gasteiger charge is -2.44. The van der Waals surface area contributed by atoms with Crippen LogP contribution in [0.5, 0.6) is 5.75 Å². The molecule has 1 saturated heterocycles. The van der Waals surface area contributed by atoms with Crippen LogP contribution in [-0.2, 0) is 4.74 Å². The highest BCUT2D eigenvalue weighted by molar-refractivity contribution is 5.90. The number of carbonyl (C=O) groups is 2. The maximum absolute atomic E-state index is 11.6. The molecule has 2 aliphatic heterocycles. The molecular formula is C13H14N2O4. The van der Waals surface area contributed by atoms with Gasteiger partial charge in [-0.3, -0.25) is 0 Å². The average Bonchev–Trinajstić information content (AvgIpc) is 2.36. The standard InChI is InChI=1S/C13H14N2O4/c1-13-6-9(14-12(17)15-13)8-5-7(11(16)18-2)3-4-10(8)19-13/h3-5,9H,6H2,1-2H3,(H2,14,15,17)/t9-,13+/m0/s1. The molecule has 2 bridgehead atoms. The van der Waals surface area contributed by atoms with Crippen molar-refractivity contribution in [1.82, 2.24) is 10.6 Å². The Labute approximate surface area is 110 Å². The van der Waals surface area contributed by atoms with E-state index in [1.165, 1.54) is 7.11 Å². The van der Waals surface area contributed by atoms with Gasteiger partial charge in [0.1, 0.15) is 5.75 Å². The zero-order valence-corrected chi connectivity index (χ0v) is 10.6. The molecule has 2 N–H and O–H groups in total. The van der Waals surface area contributed by atoms with Crippen LogP contribution in [0.25, 0.3) is 0 Å². The SMILES string of the molecule is COC(=O)c1ccc2c(c1)[C@@H]1C[C@](C)(NC(=O)N1)O2. The van der Waals surface area contributed by atoms with Gasteiger partial charge in [0, 0.05) is 12.0 Å². The van der Waals surface area contributed by atoms with Gasteiger partial charge >= 0.3 is 12.0 Å². The Kier molecular flexibility index (Phi) is 2.41. The molecule has 2 heterocycles. The molecule has 0 aliphatic carbocycles. The topological polar surface area (TPSA) is 76.7 Å². The van der Waals surface area contributed by atoms with Crippen LogP contribution in [0, 0.1) is 0 Å². The number of nitrogens with one attached hydrogen (secondary N) is 2. The molecule has 2 amide bonds. The van der Waals surface area contributed by atoms with E-state index in [2.05, 4.69) is 10.6 Å². The van der Waals surface area contributed by atoms with E-state index in [0.717, 1.165) is 5.56 Å². The summed E-state index contributed by atoms with van der Waals surface area (Å²) in [6.45, 7) is 1.83. The lowest BCUT2D eigenvalue weighted by atomic mass is 9.91. The van der Waals surface area contributed by atoms with Crippen molar-refractivity contribution in [3.05, 3.63) is 29.3 Å². The van der Waals surface area contributed by atoms with Gasteiger partial charge < -0.3 is 20.1 Å². The molecule has 2 atom stereocenters. The molecule has 1 aromatic rings. The third kappa shape index (κ3) is 1.89. The fraction of sp³-hybridized carbons (Fsp3) is 0.385. The van der Waals surface area contributed by atoms with E-state index in [-0.39, 0.29) is 12.1 Å². The zero-order chi connectivity index (χ0) is 13.6.